The van der Waals surface area contributed by atoms with Crippen molar-refractivity contribution < 1.29 is 14.2 Å². The molecule has 2 bridgehead atoms. The van der Waals surface area contributed by atoms with E-state index in [2.05, 4.69) is 31.2 Å². The summed E-state index contributed by atoms with van der Waals surface area (Å²) in [6, 6.07) is 4.31. The van der Waals surface area contributed by atoms with Gasteiger partial charge in [0.05, 0.1) is 19.6 Å². The van der Waals surface area contributed by atoms with Crippen LogP contribution in [0.3, 0.4) is 0 Å². The van der Waals surface area contributed by atoms with Crippen molar-refractivity contribution in [1.29, 1.82) is 0 Å². The SMILES string of the molecule is COC1=CC=C2[C@H]3Cc4ccc(OC)c5c4[C@@]2(CCC3C)[C@H]1O5. The predicted octanol–water partition coefficient (Wildman–Crippen LogP) is 3.77. The van der Waals surface area contributed by atoms with E-state index in [0.29, 0.717) is 5.92 Å². The van der Waals surface area contributed by atoms with Gasteiger partial charge >= 0.3 is 0 Å². The standard InChI is InChI=1S/C20H22O3/c1-11-8-9-20-14-5-7-16(22-3)19(20)23-18-15(21-2)6-4-12(17(18)20)10-13(11)14/h4-7,11,13,19H,8-10H2,1-3H3/t11?,13-,19-,20-/m0/s1. The van der Waals surface area contributed by atoms with E-state index in [1.165, 1.54) is 17.5 Å². The van der Waals surface area contributed by atoms with Crippen LogP contribution in [0.2, 0.25) is 0 Å². The van der Waals surface area contributed by atoms with Crippen LogP contribution in [0.5, 0.6) is 11.5 Å². The summed E-state index contributed by atoms with van der Waals surface area (Å²) in [5.74, 6) is 4.08. The zero-order chi connectivity index (χ0) is 15.8. The Bertz CT molecular complexity index is 760. The maximum atomic E-state index is 6.48. The molecule has 1 spiro atoms. The monoisotopic (exact) mass is 310 g/mol. The molecule has 1 fully saturated rings. The van der Waals surface area contributed by atoms with Crippen LogP contribution in [0.1, 0.15) is 30.9 Å². The lowest BCUT2D eigenvalue weighted by Crippen LogP contribution is -2.51. The Morgan fingerprint density at radius 1 is 1.17 bits per heavy atom. The molecule has 0 amide bonds. The second kappa shape index (κ2) is 4.34. The fourth-order valence-electron chi connectivity index (χ4n) is 5.44. The molecule has 3 aliphatic carbocycles. The molecule has 4 aliphatic rings. The number of hydrogen-bond acceptors (Lipinski definition) is 3. The Hall–Kier alpha value is -1.90. The minimum atomic E-state index is -0.0344. The summed E-state index contributed by atoms with van der Waals surface area (Å²) in [4.78, 5) is 0. The molecular weight excluding hydrogens is 288 g/mol. The first-order valence-electron chi connectivity index (χ1n) is 8.54. The van der Waals surface area contributed by atoms with Gasteiger partial charge in [-0.3, -0.25) is 0 Å². The van der Waals surface area contributed by atoms with Gasteiger partial charge in [0, 0.05) is 5.56 Å². The van der Waals surface area contributed by atoms with Gasteiger partial charge in [-0.2, -0.15) is 0 Å². The minimum absolute atomic E-state index is 0.0330. The van der Waals surface area contributed by atoms with Crippen molar-refractivity contribution in [3.05, 3.63) is 46.7 Å². The molecule has 3 heteroatoms. The Labute approximate surface area is 136 Å². The molecule has 120 valence electrons. The van der Waals surface area contributed by atoms with Gasteiger partial charge in [0.25, 0.3) is 0 Å². The van der Waals surface area contributed by atoms with Crippen LogP contribution in [-0.2, 0) is 16.6 Å². The van der Waals surface area contributed by atoms with Gasteiger partial charge in [-0.1, -0.05) is 24.6 Å². The molecule has 3 nitrogen and oxygen atoms in total. The number of hydrogen-bond donors (Lipinski definition) is 0. The van der Waals surface area contributed by atoms with Crippen molar-refractivity contribution in [3.8, 4) is 11.5 Å². The largest absolute Gasteiger partial charge is 0.497 e. The molecule has 23 heavy (non-hydrogen) atoms. The first kappa shape index (κ1) is 13.5. The third-order valence-corrected chi connectivity index (χ3v) is 6.51. The second-order valence-electron chi connectivity index (χ2n) is 7.32. The highest BCUT2D eigenvalue weighted by Gasteiger charge is 2.61. The molecule has 0 radical (unpaired) electrons. The molecule has 0 N–H and O–H groups in total. The minimum Gasteiger partial charge on any atom is -0.497 e. The molecule has 0 aromatic heterocycles. The smallest absolute Gasteiger partial charge is 0.169 e. The van der Waals surface area contributed by atoms with Crippen LogP contribution >= 0.6 is 0 Å². The van der Waals surface area contributed by atoms with E-state index in [1.807, 2.05) is 0 Å². The number of rotatable bonds is 2. The van der Waals surface area contributed by atoms with E-state index < -0.39 is 0 Å². The first-order chi connectivity index (χ1) is 11.2. The molecule has 5 rings (SSSR count). The number of benzene rings is 1. The summed E-state index contributed by atoms with van der Waals surface area (Å²) in [6.07, 6.45) is 7.90. The van der Waals surface area contributed by atoms with Crippen LogP contribution in [0.25, 0.3) is 0 Å². The molecule has 4 atom stereocenters. The van der Waals surface area contributed by atoms with E-state index in [1.54, 1.807) is 19.8 Å². The Balaban J connectivity index is 1.84. The molecule has 1 unspecified atom stereocenters. The van der Waals surface area contributed by atoms with E-state index in [4.69, 9.17) is 14.2 Å². The van der Waals surface area contributed by atoms with Crippen molar-refractivity contribution in [2.75, 3.05) is 14.2 Å². The first-order valence-corrected chi connectivity index (χ1v) is 8.54. The zero-order valence-electron chi connectivity index (χ0n) is 13.9. The Morgan fingerprint density at radius 2 is 2.04 bits per heavy atom. The maximum absolute atomic E-state index is 6.48. The summed E-state index contributed by atoms with van der Waals surface area (Å²) in [5, 5.41) is 0. The van der Waals surface area contributed by atoms with Gasteiger partial charge in [-0.15, -0.1) is 0 Å². The van der Waals surface area contributed by atoms with Crippen molar-refractivity contribution in [2.45, 2.75) is 37.7 Å². The molecule has 1 aliphatic heterocycles. The van der Waals surface area contributed by atoms with Crippen molar-refractivity contribution in [2.24, 2.45) is 11.8 Å². The van der Waals surface area contributed by atoms with Gasteiger partial charge in [0.15, 0.2) is 17.6 Å². The van der Waals surface area contributed by atoms with Crippen molar-refractivity contribution >= 4 is 0 Å². The van der Waals surface area contributed by atoms with Crippen molar-refractivity contribution in [1.82, 2.24) is 0 Å². The fraction of sp³-hybridized carbons (Fsp3) is 0.500. The lowest BCUT2D eigenvalue weighted by Gasteiger charge is -2.51. The average molecular weight is 310 g/mol. The van der Waals surface area contributed by atoms with E-state index in [-0.39, 0.29) is 11.5 Å². The highest BCUT2D eigenvalue weighted by molar-refractivity contribution is 5.67. The molecule has 1 aromatic rings. The molecule has 1 aromatic carbocycles. The van der Waals surface area contributed by atoms with Crippen LogP contribution in [0, 0.1) is 11.8 Å². The average Bonchev–Trinajstić information content (AvgIpc) is 2.92. The molecule has 1 saturated carbocycles. The Morgan fingerprint density at radius 3 is 2.83 bits per heavy atom. The van der Waals surface area contributed by atoms with Crippen LogP contribution < -0.4 is 9.47 Å². The van der Waals surface area contributed by atoms with Gasteiger partial charge in [-0.25, -0.2) is 0 Å². The summed E-state index contributed by atoms with van der Waals surface area (Å²) in [5.41, 5.74) is 4.34. The second-order valence-corrected chi connectivity index (χ2v) is 7.32. The van der Waals surface area contributed by atoms with Crippen LogP contribution in [0.4, 0.5) is 0 Å². The molecule has 0 saturated heterocycles. The summed E-state index contributed by atoms with van der Waals surface area (Å²) in [7, 11) is 3.47. The highest BCUT2D eigenvalue weighted by atomic mass is 16.6. The van der Waals surface area contributed by atoms with Crippen molar-refractivity contribution in [3.63, 3.8) is 0 Å². The topological polar surface area (TPSA) is 27.7 Å². The third kappa shape index (κ3) is 1.42. The van der Waals surface area contributed by atoms with Crippen LogP contribution in [0.15, 0.2) is 35.6 Å². The predicted molar refractivity (Wildman–Crippen MR) is 87.9 cm³/mol. The molecular formula is C20H22O3. The highest BCUT2D eigenvalue weighted by Crippen LogP contribution is 2.65. The summed E-state index contributed by atoms with van der Waals surface area (Å²) in [6.45, 7) is 2.40. The lowest BCUT2D eigenvalue weighted by atomic mass is 9.51. The van der Waals surface area contributed by atoms with E-state index >= 15 is 0 Å². The van der Waals surface area contributed by atoms with Gasteiger partial charge in [0.2, 0.25) is 0 Å². The number of ether oxygens (including phenoxy) is 3. The van der Waals surface area contributed by atoms with E-state index in [9.17, 15) is 0 Å². The van der Waals surface area contributed by atoms with Gasteiger partial charge in [-0.05, 0) is 48.8 Å². The Kier molecular flexibility index (Phi) is 2.55. The van der Waals surface area contributed by atoms with Gasteiger partial charge < -0.3 is 14.2 Å². The van der Waals surface area contributed by atoms with Gasteiger partial charge in [0.1, 0.15) is 5.76 Å². The summed E-state index contributed by atoms with van der Waals surface area (Å²) < 4.78 is 17.8. The quantitative estimate of drug-likeness (QED) is 0.832. The summed E-state index contributed by atoms with van der Waals surface area (Å²) >= 11 is 0. The number of methoxy groups -OCH3 is 2. The fourth-order valence-corrected chi connectivity index (χ4v) is 5.44. The zero-order valence-corrected chi connectivity index (χ0v) is 13.9. The molecule has 1 heterocycles. The maximum Gasteiger partial charge on any atom is 0.169 e. The lowest BCUT2D eigenvalue weighted by molar-refractivity contribution is 0.0839. The van der Waals surface area contributed by atoms with Crippen LogP contribution in [-0.4, -0.2) is 20.3 Å². The number of allylic oxidation sites excluding steroid dienone is 2. The third-order valence-electron chi connectivity index (χ3n) is 6.51. The van der Waals surface area contributed by atoms with E-state index in [0.717, 1.165) is 36.0 Å². The normalized spacial score (nSPS) is 35.7.